The van der Waals surface area contributed by atoms with Gasteiger partial charge in [-0.2, -0.15) is 0 Å². The summed E-state index contributed by atoms with van der Waals surface area (Å²) in [4.78, 5) is 30.3. The second-order valence-electron chi connectivity index (χ2n) is 5.59. The number of amides is 2. The van der Waals surface area contributed by atoms with Crippen LogP contribution in [0.1, 0.15) is 37.8 Å². The first-order valence-corrected chi connectivity index (χ1v) is 8.48. The number of nitrogens with zero attached hydrogens (tertiary/aromatic N) is 2. The Bertz CT molecular complexity index is 512. The molecule has 6 nitrogen and oxygen atoms in total. The maximum atomic E-state index is 12.2. The monoisotopic (exact) mass is 325 g/mol. The van der Waals surface area contributed by atoms with Gasteiger partial charge in [0, 0.05) is 18.5 Å². The fourth-order valence-corrected chi connectivity index (χ4v) is 3.45. The minimum atomic E-state index is -0.204. The number of aryl methyl sites for hydroxylation is 1. The van der Waals surface area contributed by atoms with Crippen LogP contribution in [0.4, 0.5) is 5.13 Å². The Balaban J connectivity index is 1.98. The maximum Gasteiger partial charge on any atom is 0.249 e. The van der Waals surface area contributed by atoms with Crippen molar-refractivity contribution in [3.63, 3.8) is 0 Å². The number of nitrogens with one attached hydrogen (secondary N) is 1. The normalized spacial score (nSPS) is 15.5. The van der Waals surface area contributed by atoms with Crippen LogP contribution >= 0.6 is 11.3 Å². The van der Waals surface area contributed by atoms with E-state index in [0.717, 1.165) is 31.4 Å². The predicted octanol–water partition coefficient (Wildman–Crippen LogP) is 2.20. The number of carbonyl (C=O) groups is 2. The highest BCUT2D eigenvalue weighted by Gasteiger charge is 2.27. The first-order chi connectivity index (χ1) is 10.6. The number of anilines is 1. The molecule has 2 amide bonds. The third-order valence-corrected chi connectivity index (χ3v) is 4.66. The molecule has 0 bridgehead atoms. The average Bonchev–Trinajstić information content (AvgIpc) is 2.91. The Morgan fingerprint density at radius 1 is 1.41 bits per heavy atom. The lowest BCUT2D eigenvalue weighted by molar-refractivity contribution is -0.141. The molecule has 1 aromatic rings. The molecule has 0 spiro atoms. The molecule has 1 aliphatic rings. The van der Waals surface area contributed by atoms with Crippen LogP contribution in [-0.2, 0) is 14.3 Å². The van der Waals surface area contributed by atoms with Gasteiger partial charge < -0.3 is 15.0 Å². The maximum absolute atomic E-state index is 12.2. The topological polar surface area (TPSA) is 71.5 Å². The lowest BCUT2D eigenvalue weighted by Crippen LogP contribution is -2.47. The number of aromatic nitrogens is 1. The van der Waals surface area contributed by atoms with Crippen molar-refractivity contribution >= 4 is 28.3 Å². The zero-order chi connectivity index (χ0) is 15.9. The van der Waals surface area contributed by atoms with Gasteiger partial charge in [-0.05, 0) is 19.8 Å². The van der Waals surface area contributed by atoms with Crippen molar-refractivity contribution in [3.05, 3.63) is 11.1 Å². The SMILES string of the molecule is COCC(=O)N(CC(=O)Nc1nc(C)cs1)C1CCCCC1. The fourth-order valence-electron chi connectivity index (χ4n) is 2.74. The molecular weight excluding hydrogens is 302 g/mol. The van der Waals surface area contributed by atoms with Crippen molar-refractivity contribution < 1.29 is 14.3 Å². The minimum Gasteiger partial charge on any atom is -0.375 e. The molecule has 1 heterocycles. The first kappa shape index (κ1) is 16.9. The molecule has 1 fully saturated rings. The first-order valence-electron chi connectivity index (χ1n) is 7.60. The summed E-state index contributed by atoms with van der Waals surface area (Å²) in [7, 11) is 1.50. The van der Waals surface area contributed by atoms with E-state index >= 15 is 0 Å². The Labute approximate surface area is 134 Å². The second-order valence-corrected chi connectivity index (χ2v) is 6.45. The van der Waals surface area contributed by atoms with Gasteiger partial charge in [-0.25, -0.2) is 4.98 Å². The molecule has 0 aliphatic heterocycles. The largest absolute Gasteiger partial charge is 0.375 e. The number of methoxy groups -OCH3 is 1. The highest BCUT2D eigenvalue weighted by molar-refractivity contribution is 7.13. The zero-order valence-corrected chi connectivity index (χ0v) is 13.9. The van der Waals surface area contributed by atoms with Crippen molar-refractivity contribution in [2.24, 2.45) is 0 Å². The predicted molar refractivity (Wildman–Crippen MR) is 85.9 cm³/mol. The van der Waals surface area contributed by atoms with E-state index < -0.39 is 0 Å². The standard InChI is InChI=1S/C15H23N3O3S/c1-11-10-22-15(16-11)17-13(19)8-18(14(20)9-21-2)12-6-4-3-5-7-12/h10,12H,3-9H2,1-2H3,(H,16,17,19). The summed E-state index contributed by atoms with van der Waals surface area (Å²) in [5.41, 5.74) is 0.875. The summed E-state index contributed by atoms with van der Waals surface area (Å²) >= 11 is 1.39. The van der Waals surface area contributed by atoms with Crippen LogP contribution in [0.25, 0.3) is 0 Å². The van der Waals surface area contributed by atoms with Crippen LogP contribution in [0, 0.1) is 6.92 Å². The lowest BCUT2D eigenvalue weighted by Gasteiger charge is -2.33. The summed E-state index contributed by atoms with van der Waals surface area (Å²) in [6.45, 7) is 1.95. The molecule has 22 heavy (non-hydrogen) atoms. The highest BCUT2D eigenvalue weighted by Crippen LogP contribution is 2.23. The molecule has 0 atom stereocenters. The quantitative estimate of drug-likeness (QED) is 0.870. The van der Waals surface area contributed by atoms with Crippen LogP contribution < -0.4 is 5.32 Å². The molecule has 2 rings (SSSR count). The van der Waals surface area contributed by atoms with Gasteiger partial charge in [0.25, 0.3) is 0 Å². The molecule has 122 valence electrons. The van der Waals surface area contributed by atoms with Gasteiger partial charge in [0.05, 0.1) is 5.69 Å². The van der Waals surface area contributed by atoms with Crippen LogP contribution in [0.15, 0.2) is 5.38 Å². The van der Waals surface area contributed by atoms with E-state index in [0.29, 0.717) is 5.13 Å². The fraction of sp³-hybridized carbons (Fsp3) is 0.667. The van der Waals surface area contributed by atoms with Crippen molar-refractivity contribution in [1.29, 1.82) is 0 Å². The van der Waals surface area contributed by atoms with E-state index in [-0.39, 0.29) is 31.0 Å². The van der Waals surface area contributed by atoms with Crippen molar-refractivity contribution in [2.75, 3.05) is 25.6 Å². The van der Waals surface area contributed by atoms with Crippen LogP contribution in [0.2, 0.25) is 0 Å². The summed E-state index contributed by atoms with van der Waals surface area (Å²) in [5.74, 6) is -0.329. The molecule has 0 radical (unpaired) electrons. The third kappa shape index (κ3) is 4.78. The molecule has 1 aromatic heterocycles. The van der Waals surface area contributed by atoms with Crippen molar-refractivity contribution in [1.82, 2.24) is 9.88 Å². The van der Waals surface area contributed by atoms with Crippen LogP contribution in [0.3, 0.4) is 0 Å². The van der Waals surface area contributed by atoms with Gasteiger partial charge in [0.15, 0.2) is 5.13 Å². The van der Waals surface area contributed by atoms with Gasteiger partial charge in [0.1, 0.15) is 13.2 Å². The van der Waals surface area contributed by atoms with E-state index in [1.807, 2.05) is 12.3 Å². The number of hydrogen-bond donors (Lipinski definition) is 1. The molecule has 1 saturated carbocycles. The third-order valence-electron chi connectivity index (χ3n) is 3.78. The summed E-state index contributed by atoms with van der Waals surface area (Å²) < 4.78 is 4.95. The number of ether oxygens (including phenoxy) is 1. The van der Waals surface area contributed by atoms with E-state index in [9.17, 15) is 9.59 Å². The second kappa shape index (κ2) is 8.24. The molecule has 0 saturated heterocycles. The van der Waals surface area contributed by atoms with Gasteiger partial charge in [0.2, 0.25) is 11.8 Å². The summed E-state index contributed by atoms with van der Waals surface area (Å²) in [6, 6.07) is 0.139. The summed E-state index contributed by atoms with van der Waals surface area (Å²) in [6.07, 6.45) is 5.33. The van der Waals surface area contributed by atoms with Crippen LogP contribution in [-0.4, -0.2) is 48.0 Å². The molecular formula is C15H23N3O3S. The molecule has 7 heteroatoms. The van der Waals surface area contributed by atoms with E-state index in [4.69, 9.17) is 4.74 Å². The van der Waals surface area contributed by atoms with Gasteiger partial charge >= 0.3 is 0 Å². The number of carbonyl (C=O) groups excluding carboxylic acids is 2. The molecule has 0 aromatic carbocycles. The average molecular weight is 325 g/mol. The van der Waals surface area contributed by atoms with Gasteiger partial charge in [-0.3, -0.25) is 9.59 Å². The lowest BCUT2D eigenvalue weighted by atomic mass is 9.94. The Morgan fingerprint density at radius 2 is 2.14 bits per heavy atom. The van der Waals surface area contributed by atoms with Gasteiger partial charge in [-0.1, -0.05) is 19.3 Å². The molecule has 0 unspecified atom stereocenters. The number of hydrogen-bond acceptors (Lipinski definition) is 5. The number of thiazole rings is 1. The Morgan fingerprint density at radius 3 is 2.73 bits per heavy atom. The van der Waals surface area contributed by atoms with Crippen LogP contribution in [0.5, 0.6) is 0 Å². The molecule has 1 N–H and O–H groups in total. The van der Waals surface area contributed by atoms with Gasteiger partial charge in [-0.15, -0.1) is 11.3 Å². The van der Waals surface area contributed by atoms with E-state index in [1.54, 1.807) is 4.90 Å². The number of rotatable bonds is 6. The minimum absolute atomic E-state index is 0.0140. The van der Waals surface area contributed by atoms with Crippen molar-refractivity contribution in [2.45, 2.75) is 45.1 Å². The van der Waals surface area contributed by atoms with E-state index in [2.05, 4.69) is 10.3 Å². The summed E-state index contributed by atoms with van der Waals surface area (Å²) in [5, 5.41) is 5.22. The highest BCUT2D eigenvalue weighted by atomic mass is 32.1. The smallest absolute Gasteiger partial charge is 0.249 e. The molecule has 1 aliphatic carbocycles. The van der Waals surface area contributed by atoms with E-state index in [1.165, 1.54) is 24.9 Å². The zero-order valence-electron chi connectivity index (χ0n) is 13.1. The Hall–Kier alpha value is -1.47. The van der Waals surface area contributed by atoms with Crippen molar-refractivity contribution in [3.8, 4) is 0 Å². The Kier molecular flexibility index (Phi) is 6.33.